The van der Waals surface area contributed by atoms with Crippen LogP contribution in [-0.2, 0) is 0 Å². The molecule has 0 spiro atoms. The molecule has 0 aromatic carbocycles. The van der Waals surface area contributed by atoms with E-state index < -0.39 is 0 Å². The molecular formula is C3H8OSe. The number of hydrogen-bond acceptors (Lipinski definition) is 1. The molecule has 0 aromatic heterocycles. The molecular weight excluding hydrogens is 131 g/mol. The van der Waals surface area contributed by atoms with E-state index in [4.69, 9.17) is 5.11 Å². The van der Waals surface area contributed by atoms with Crippen molar-refractivity contribution < 1.29 is 5.11 Å². The third-order valence-electron chi connectivity index (χ3n) is 0.264. The van der Waals surface area contributed by atoms with E-state index in [0.29, 0.717) is 0 Å². The van der Waals surface area contributed by atoms with Crippen LogP contribution in [-0.4, -0.2) is 27.2 Å². The molecule has 1 unspecified atom stereocenters. The van der Waals surface area contributed by atoms with Crippen molar-refractivity contribution >= 4 is 16.0 Å². The second-order valence-electron chi connectivity index (χ2n) is 1.03. The molecule has 1 nitrogen and oxygen atoms in total. The number of aliphatic hydroxyl groups is 1. The van der Waals surface area contributed by atoms with Gasteiger partial charge in [0.15, 0.2) is 0 Å². The van der Waals surface area contributed by atoms with Crippen molar-refractivity contribution in [3.05, 3.63) is 0 Å². The van der Waals surface area contributed by atoms with Gasteiger partial charge in [0.1, 0.15) is 0 Å². The zero-order chi connectivity index (χ0) is 4.28. The molecule has 0 radical (unpaired) electrons. The molecule has 0 bridgehead atoms. The summed E-state index contributed by atoms with van der Waals surface area (Å²) in [6.07, 6.45) is -0.144. The molecule has 0 rings (SSSR count). The van der Waals surface area contributed by atoms with Crippen LogP contribution in [0.25, 0.3) is 0 Å². The Hall–Kier alpha value is 0.479. The zero-order valence-electron chi connectivity index (χ0n) is 3.18. The Morgan fingerprint density at radius 2 is 2.20 bits per heavy atom. The first-order chi connectivity index (χ1) is 2.27. The molecule has 0 saturated heterocycles. The molecule has 32 valence electrons. The molecule has 0 aromatic rings. The van der Waals surface area contributed by atoms with E-state index in [0.717, 1.165) is 5.32 Å². The van der Waals surface area contributed by atoms with E-state index in [1.165, 1.54) is 0 Å². The Morgan fingerprint density at radius 1 is 2.00 bits per heavy atom. The Morgan fingerprint density at radius 3 is 2.20 bits per heavy atom. The topological polar surface area (TPSA) is 20.2 Å². The fourth-order valence-electron chi connectivity index (χ4n) is 0. The van der Waals surface area contributed by atoms with Crippen LogP contribution in [0, 0.1) is 0 Å². The molecule has 1 atom stereocenters. The second kappa shape index (κ2) is 2.70. The maximum absolute atomic E-state index is 8.35. The average molecular weight is 139 g/mol. The van der Waals surface area contributed by atoms with E-state index in [-0.39, 0.29) is 6.10 Å². The molecule has 2 heteroatoms. The van der Waals surface area contributed by atoms with Crippen LogP contribution in [0.3, 0.4) is 0 Å². The van der Waals surface area contributed by atoms with Crippen molar-refractivity contribution in [2.24, 2.45) is 0 Å². The summed E-state index contributed by atoms with van der Waals surface area (Å²) in [5, 5.41) is 9.14. The Kier molecular flexibility index (Phi) is 2.96. The third kappa shape index (κ3) is 4.48. The van der Waals surface area contributed by atoms with Crippen LogP contribution >= 0.6 is 0 Å². The Balaban J connectivity index is 2.54. The minimum atomic E-state index is -0.144. The van der Waals surface area contributed by atoms with Gasteiger partial charge in [-0.1, -0.05) is 0 Å². The molecule has 5 heavy (non-hydrogen) atoms. The van der Waals surface area contributed by atoms with Crippen molar-refractivity contribution in [3.63, 3.8) is 0 Å². The normalized spacial score (nSPS) is 15.0. The van der Waals surface area contributed by atoms with E-state index in [1.807, 2.05) is 0 Å². The number of aliphatic hydroxyl groups excluding tert-OH is 1. The van der Waals surface area contributed by atoms with Crippen molar-refractivity contribution in [3.8, 4) is 0 Å². The van der Waals surface area contributed by atoms with Gasteiger partial charge in [0.2, 0.25) is 0 Å². The third-order valence-corrected chi connectivity index (χ3v) is 1.37. The van der Waals surface area contributed by atoms with Gasteiger partial charge in [-0.2, -0.15) is 0 Å². The summed E-state index contributed by atoms with van der Waals surface area (Å²) in [5.41, 5.74) is 0. The van der Waals surface area contributed by atoms with Gasteiger partial charge < -0.3 is 0 Å². The van der Waals surface area contributed by atoms with Crippen molar-refractivity contribution in [1.29, 1.82) is 0 Å². The molecule has 0 aliphatic carbocycles. The first-order valence-electron chi connectivity index (χ1n) is 1.56. The SMILES string of the molecule is CC(O)C[SeH]. The van der Waals surface area contributed by atoms with Gasteiger partial charge in [-0.15, -0.1) is 0 Å². The van der Waals surface area contributed by atoms with Gasteiger partial charge in [0.05, 0.1) is 0 Å². The van der Waals surface area contributed by atoms with Crippen LogP contribution in [0.1, 0.15) is 6.92 Å². The summed E-state index contributed by atoms with van der Waals surface area (Å²) >= 11 is 2.32. The summed E-state index contributed by atoms with van der Waals surface area (Å²) < 4.78 is 0. The van der Waals surface area contributed by atoms with Gasteiger partial charge in [0.25, 0.3) is 0 Å². The Labute approximate surface area is 40.2 Å². The summed E-state index contributed by atoms with van der Waals surface area (Å²) in [5.74, 6) is 0. The van der Waals surface area contributed by atoms with Gasteiger partial charge >= 0.3 is 39.5 Å². The predicted molar refractivity (Wildman–Crippen MR) is 23.6 cm³/mol. The Bertz CT molecular complexity index is 20.9. The minimum absolute atomic E-state index is 0.144. The predicted octanol–water partition coefficient (Wildman–Crippen LogP) is -0.314. The van der Waals surface area contributed by atoms with Gasteiger partial charge in [-0.25, -0.2) is 0 Å². The van der Waals surface area contributed by atoms with Crippen LogP contribution in [0.4, 0.5) is 0 Å². The summed E-state index contributed by atoms with van der Waals surface area (Å²) in [4.78, 5) is 0. The standard InChI is InChI=1S/C3H8OSe/c1-3(4)2-5/h3-5H,2H2,1H3. The fourth-order valence-corrected chi connectivity index (χ4v) is 0. The van der Waals surface area contributed by atoms with Crippen LogP contribution in [0.5, 0.6) is 0 Å². The van der Waals surface area contributed by atoms with Crippen molar-refractivity contribution in [2.45, 2.75) is 18.3 Å². The molecule has 0 aliphatic heterocycles. The van der Waals surface area contributed by atoms with Gasteiger partial charge in [-0.05, 0) is 0 Å². The molecule has 1 N–H and O–H groups in total. The second-order valence-corrected chi connectivity index (χ2v) is 1.80. The van der Waals surface area contributed by atoms with Gasteiger partial charge in [-0.3, -0.25) is 0 Å². The van der Waals surface area contributed by atoms with Crippen molar-refractivity contribution in [2.75, 3.05) is 0 Å². The molecule has 0 amide bonds. The summed E-state index contributed by atoms with van der Waals surface area (Å²) in [6.45, 7) is 1.76. The fraction of sp³-hybridized carbons (Fsp3) is 1.00. The maximum atomic E-state index is 8.35. The molecule has 0 saturated carbocycles. The monoisotopic (exact) mass is 140 g/mol. The first-order valence-corrected chi connectivity index (χ1v) is 2.89. The van der Waals surface area contributed by atoms with E-state index in [1.54, 1.807) is 6.92 Å². The summed E-state index contributed by atoms with van der Waals surface area (Å²) in [7, 11) is 0. The number of rotatable bonds is 1. The quantitative estimate of drug-likeness (QED) is 0.494. The average Bonchev–Trinajstić information content (AvgIpc) is 1.38. The molecule has 0 fully saturated rings. The van der Waals surface area contributed by atoms with Crippen molar-refractivity contribution in [1.82, 2.24) is 0 Å². The molecule has 0 heterocycles. The van der Waals surface area contributed by atoms with Gasteiger partial charge in [0, 0.05) is 0 Å². The summed E-state index contributed by atoms with van der Waals surface area (Å²) in [6, 6.07) is 0. The first kappa shape index (κ1) is 5.48. The molecule has 0 aliphatic rings. The van der Waals surface area contributed by atoms with E-state index in [9.17, 15) is 0 Å². The number of hydrogen-bond donors (Lipinski definition) is 1. The van der Waals surface area contributed by atoms with E-state index in [2.05, 4.69) is 16.0 Å². The van der Waals surface area contributed by atoms with Crippen LogP contribution in [0.15, 0.2) is 0 Å². The van der Waals surface area contributed by atoms with Crippen LogP contribution < -0.4 is 0 Å². The zero-order valence-corrected chi connectivity index (χ0v) is 5.06. The van der Waals surface area contributed by atoms with Crippen LogP contribution in [0.2, 0.25) is 5.32 Å². The van der Waals surface area contributed by atoms with E-state index >= 15 is 0 Å².